The van der Waals surface area contributed by atoms with Gasteiger partial charge < -0.3 is 15.1 Å². The molecule has 1 fully saturated rings. The molecule has 19 heavy (non-hydrogen) atoms. The van der Waals surface area contributed by atoms with Gasteiger partial charge in [-0.3, -0.25) is 4.79 Å². The summed E-state index contributed by atoms with van der Waals surface area (Å²) in [4.78, 5) is 16.5. The fraction of sp³-hybridized carbons (Fsp3) is 0.533. The van der Waals surface area contributed by atoms with Crippen molar-refractivity contribution in [2.45, 2.75) is 6.54 Å². The van der Waals surface area contributed by atoms with Crippen molar-refractivity contribution in [1.82, 2.24) is 15.1 Å². The molecule has 1 aliphatic rings. The van der Waals surface area contributed by atoms with E-state index in [1.165, 1.54) is 5.56 Å². The zero-order valence-corrected chi connectivity index (χ0v) is 11.8. The van der Waals surface area contributed by atoms with E-state index in [4.69, 9.17) is 0 Å². The number of nitrogens with zero attached hydrogens (tertiary/aromatic N) is 2. The highest BCUT2D eigenvalue weighted by molar-refractivity contribution is 5.80. The first-order chi connectivity index (χ1) is 9.16. The molecule has 1 N–H and O–H groups in total. The Morgan fingerprint density at radius 2 is 1.89 bits per heavy atom. The predicted molar refractivity (Wildman–Crippen MR) is 76.8 cm³/mol. The zero-order chi connectivity index (χ0) is 13.7. The lowest BCUT2D eigenvalue weighted by atomic mass is 10.0. The number of amides is 1. The minimum atomic E-state index is 0.172. The molecule has 1 heterocycles. The number of hydrogen-bond donors (Lipinski definition) is 1. The fourth-order valence-corrected chi connectivity index (χ4v) is 2.11. The van der Waals surface area contributed by atoms with Gasteiger partial charge in [0.25, 0.3) is 0 Å². The van der Waals surface area contributed by atoms with Crippen LogP contribution in [0.1, 0.15) is 5.56 Å². The summed E-state index contributed by atoms with van der Waals surface area (Å²) in [7, 11) is 4.08. The molecule has 1 aromatic carbocycles. The van der Waals surface area contributed by atoms with Gasteiger partial charge in [-0.05, 0) is 19.7 Å². The standard InChI is InChI=1S/C15H23N3O/c1-17(2)8-9-18(15(19)14-10-16-11-14)12-13-6-4-3-5-7-13/h3-7,14,16H,8-12H2,1-2H3. The van der Waals surface area contributed by atoms with Gasteiger partial charge in [0, 0.05) is 32.7 Å². The van der Waals surface area contributed by atoms with E-state index >= 15 is 0 Å². The largest absolute Gasteiger partial charge is 0.337 e. The third kappa shape index (κ3) is 4.04. The summed E-state index contributed by atoms with van der Waals surface area (Å²) in [6, 6.07) is 10.2. The normalized spacial score (nSPS) is 15.3. The number of hydrogen-bond acceptors (Lipinski definition) is 3. The van der Waals surface area contributed by atoms with Crippen molar-refractivity contribution < 1.29 is 4.79 Å². The number of likely N-dealkylation sites (N-methyl/N-ethyl adjacent to an activating group) is 1. The molecule has 1 amide bonds. The second kappa shape index (κ2) is 6.68. The Hall–Kier alpha value is -1.39. The molecule has 0 unspecified atom stereocenters. The van der Waals surface area contributed by atoms with Crippen LogP contribution in [0.2, 0.25) is 0 Å². The van der Waals surface area contributed by atoms with Gasteiger partial charge in [0.15, 0.2) is 0 Å². The number of rotatable bonds is 6. The van der Waals surface area contributed by atoms with Crippen LogP contribution < -0.4 is 5.32 Å². The molecule has 2 rings (SSSR count). The van der Waals surface area contributed by atoms with Crippen LogP contribution in [0, 0.1) is 5.92 Å². The van der Waals surface area contributed by atoms with Crippen LogP contribution in [0.3, 0.4) is 0 Å². The minimum Gasteiger partial charge on any atom is -0.337 e. The molecule has 0 bridgehead atoms. The fourth-order valence-electron chi connectivity index (χ4n) is 2.11. The van der Waals surface area contributed by atoms with Crippen molar-refractivity contribution in [3.63, 3.8) is 0 Å². The zero-order valence-electron chi connectivity index (χ0n) is 11.8. The molecule has 0 aromatic heterocycles. The summed E-state index contributed by atoms with van der Waals surface area (Å²) in [5, 5.41) is 3.17. The van der Waals surface area contributed by atoms with E-state index in [9.17, 15) is 4.79 Å². The van der Waals surface area contributed by atoms with E-state index in [1.807, 2.05) is 37.2 Å². The van der Waals surface area contributed by atoms with Crippen molar-refractivity contribution in [3.8, 4) is 0 Å². The molecule has 1 saturated heterocycles. The second-order valence-corrected chi connectivity index (χ2v) is 5.40. The van der Waals surface area contributed by atoms with Gasteiger partial charge in [0.2, 0.25) is 5.91 Å². The van der Waals surface area contributed by atoms with Crippen molar-refractivity contribution in [2.75, 3.05) is 40.3 Å². The summed E-state index contributed by atoms with van der Waals surface area (Å²) in [6.45, 7) is 4.05. The second-order valence-electron chi connectivity index (χ2n) is 5.40. The number of carbonyl (C=O) groups excluding carboxylic acids is 1. The van der Waals surface area contributed by atoms with Crippen LogP contribution >= 0.6 is 0 Å². The number of benzene rings is 1. The van der Waals surface area contributed by atoms with Crippen molar-refractivity contribution in [2.24, 2.45) is 5.92 Å². The molecule has 1 aromatic rings. The van der Waals surface area contributed by atoms with Crippen LogP contribution in [-0.2, 0) is 11.3 Å². The van der Waals surface area contributed by atoms with Crippen molar-refractivity contribution in [3.05, 3.63) is 35.9 Å². The topological polar surface area (TPSA) is 35.6 Å². The predicted octanol–water partition coefficient (Wildman–Crippen LogP) is 0.796. The molecule has 0 radical (unpaired) electrons. The van der Waals surface area contributed by atoms with Gasteiger partial charge in [0.05, 0.1) is 5.92 Å². The first-order valence-corrected chi connectivity index (χ1v) is 6.85. The summed E-state index contributed by atoms with van der Waals surface area (Å²) in [5.41, 5.74) is 1.20. The van der Waals surface area contributed by atoms with Crippen LogP contribution in [0.5, 0.6) is 0 Å². The van der Waals surface area contributed by atoms with E-state index in [1.54, 1.807) is 0 Å². The monoisotopic (exact) mass is 261 g/mol. The van der Waals surface area contributed by atoms with Crippen molar-refractivity contribution >= 4 is 5.91 Å². The summed E-state index contributed by atoms with van der Waals surface area (Å²) in [6.07, 6.45) is 0. The maximum atomic E-state index is 12.4. The molecule has 1 aliphatic heterocycles. The Balaban J connectivity index is 1.98. The van der Waals surface area contributed by atoms with E-state index in [0.717, 1.165) is 26.2 Å². The molecule has 0 spiro atoms. The third-order valence-electron chi connectivity index (χ3n) is 3.48. The van der Waals surface area contributed by atoms with Gasteiger partial charge in [-0.25, -0.2) is 0 Å². The summed E-state index contributed by atoms with van der Waals surface area (Å²) >= 11 is 0. The van der Waals surface area contributed by atoms with Crippen molar-refractivity contribution in [1.29, 1.82) is 0 Å². The van der Waals surface area contributed by atoms with Gasteiger partial charge in [-0.2, -0.15) is 0 Å². The molecule has 104 valence electrons. The Kier molecular flexibility index (Phi) is 4.93. The minimum absolute atomic E-state index is 0.172. The third-order valence-corrected chi connectivity index (χ3v) is 3.48. The molecular weight excluding hydrogens is 238 g/mol. The average molecular weight is 261 g/mol. The van der Waals surface area contributed by atoms with Crippen LogP contribution in [-0.4, -0.2) is 56.0 Å². The Morgan fingerprint density at radius 3 is 2.42 bits per heavy atom. The Morgan fingerprint density at radius 1 is 1.21 bits per heavy atom. The number of nitrogens with one attached hydrogen (secondary N) is 1. The highest BCUT2D eigenvalue weighted by Gasteiger charge is 2.29. The summed E-state index contributed by atoms with van der Waals surface area (Å²) in [5.74, 6) is 0.454. The Labute approximate surface area is 115 Å². The van der Waals surface area contributed by atoms with Gasteiger partial charge >= 0.3 is 0 Å². The SMILES string of the molecule is CN(C)CCN(Cc1ccccc1)C(=O)C1CNC1. The lowest BCUT2D eigenvalue weighted by molar-refractivity contribution is -0.137. The lowest BCUT2D eigenvalue weighted by Gasteiger charge is -2.33. The molecule has 4 heteroatoms. The van der Waals surface area contributed by atoms with Crippen LogP contribution in [0.25, 0.3) is 0 Å². The van der Waals surface area contributed by atoms with E-state index in [-0.39, 0.29) is 11.8 Å². The van der Waals surface area contributed by atoms with Crippen LogP contribution in [0.15, 0.2) is 30.3 Å². The number of carbonyl (C=O) groups is 1. The summed E-state index contributed by atoms with van der Waals surface area (Å²) < 4.78 is 0. The van der Waals surface area contributed by atoms with E-state index in [0.29, 0.717) is 6.54 Å². The highest BCUT2D eigenvalue weighted by atomic mass is 16.2. The Bertz CT molecular complexity index is 401. The quantitative estimate of drug-likeness (QED) is 0.822. The smallest absolute Gasteiger partial charge is 0.228 e. The van der Waals surface area contributed by atoms with Gasteiger partial charge in [0.1, 0.15) is 0 Å². The van der Waals surface area contributed by atoms with E-state index < -0.39 is 0 Å². The molecule has 0 atom stereocenters. The molecular formula is C15H23N3O. The average Bonchev–Trinajstić information content (AvgIpc) is 2.33. The highest BCUT2D eigenvalue weighted by Crippen LogP contribution is 2.12. The first-order valence-electron chi connectivity index (χ1n) is 6.85. The molecule has 0 saturated carbocycles. The van der Waals surface area contributed by atoms with Gasteiger partial charge in [-0.1, -0.05) is 30.3 Å². The maximum absolute atomic E-state index is 12.4. The molecule has 4 nitrogen and oxygen atoms in total. The van der Waals surface area contributed by atoms with E-state index in [2.05, 4.69) is 22.3 Å². The van der Waals surface area contributed by atoms with Crippen LogP contribution in [0.4, 0.5) is 0 Å². The van der Waals surface area contributed by atoms with Gasteiger partial charge in [-0.15, -0.1) is 0 Å². The lowest BCUT2D eigenvalue weighted by Crippen LogP contribution is -2.52. The first kappa shape index (κ1) is 14.0. The maximum Gasteiger partial charge on any atom is 0.228 e. The molecule has 0 aliphatic carbocycles.